The monoisotopic (exact) mass is 302 g/mol. The van der Waals surface area contributed by atoms with Gasteiger partial charge >= 0.3 is 0 Å². The lowest BCUT2D eigenvalue weighted by Crippen LogP contribution is -2.26. The molecule has 0 saturated heterocycles. The van der Waals surface area contributed by atoms with Gasteiger partial charge in [-0.3, -0.25) is 4.79 Å². The fourth-order valence-electron chi connectivity index (χ4n) is 1.91. The van der Waals surface area contributed by atoms with Gasteiger partial charge in [0.15, 0.2) is 0 Å². The van der Waals surface area contributed by atoms with Crippen molar-refractivity contribution in [2.45, 2.75) is 6.54 Å². The standard InChI is InChI=1S/C17H19FN2O2/c1-22-11-10-19-17(21)14-4-2-13(3-5-14)12-20-16-8-6-15(18)7-9-16/h2-9,20H,10-12H2,1H3,(H,19,21). The third-order valence-corrected chi connectivity index (χ3v) is 3.15. The van der Waals surface area contributed by atoms with Crippen LogP contribution in [0.1, 0.15) is 15.9 Å². The van der Waals surface area contributed by atoms with Crippen LogP contribution in [0.5, 0.6) is 0 Å². The molecule has 2 N–H and O–H groups in total. The summed E-state index contributed by atoms with van der Waals surface area (Å²) in [6, 6.07) is 13.5. The number of halogens is 1. The van der Waals surface area contributed by atoms with Gasteiger partial charge in [-0.25, -0.2) is 4.39 Å². The zero-order valence-electron chi connectivity index (χ0n) is 12.4. The van der Waals surface area contributed by atoms with Crippen molar-refractivity contribution >= 4 is 11.6 Å². The minimum atomic E-state index is -0.255. The minimum Gasteiger partial charge on any atom is -0.383 e. The maximum Gasteiger partial charge on any atom is 0.251 e. The van der Waals surface area contributed by atoms with Crippen molar-refractivity contribution < 1.29 is 13.9 Å². The Balaban J connectivity index is 1.86. The molecule has 0 aliphatic rings. The first-order valence-electron chi connectivity index (χ1n) is 7.04. The van der Waals surface area contributed by atoms with Gasteiger partial charge in [0, 0.05) is 31.5 Å². The Morgan fingerprint density at radius 1 is 1.09 bits per heavy atom. The third kappa shape index (κ3) is 4.86. The second kappa shape index (κ2) is 8.14. The number of carbonyl (C=O) groups is 1. The van der Waals surface area contributed by atoms with E-state index in [0.717, 1.165) is 11.3 Å². The molecular formula is C17H19FN2O2. The number of anilines is 1. The van der Waals surface area contributed by atoms with Crippen molar-refractivity contribution in [3.8, 4) is 0 Å². The number of amides is 1. The largest absolute Gasteiger partial charge is 0.383 e. The average Bonchev–Trinajstić information content (AvgIpc) is 2.55. The number of rotatable bonds is 7. The highest BCUT2D eigenvalue weighted by Crippen LogP contribution is 2.11. The van der Waals surface area contributed by atoms with E-state index in [-0.39, 0.29) is 11.7 Å². The quantitative estimate of drug-likeness (QED) is 0.773. The maximum atomic E-state index is 12.8. The third-order valence-electron chi connectivity index (χ3n) is 3.15. The molecule has 0 radical (unpaired) electrons. The van der Waals surface area contributed by atoms with Crippen LogP contribution >= 0.6 is 0 Å². The number of ether oxygens (including phenoxy) is 1. The molecule has 0 aromatic heterocycles. The van der Waals surface area contributed by atoms with Crippen molar-refractivity contribution in [1.82, 2.24) is 5.32 Å². The second-order valence-electron chi connectivity index (χ2n) is 4.81. The normalized spacial score (nSPS) is 10.3. The van der Waals surface area contributed by atoms with E-state index < -0.39 is 0 Å². The number of hydrogen-bond donors (Lipinski definition) is 2. The van der Waals surface area contributed by atoms with Crippen molar-refractivity contribution in [1.29, 1.82) is 0 Å². The lowest BCUT2D eigenvalue weighted by atomic mass is 10.1. The lowest BCUT2D eigenvalue weighted by molar-refractivity contribution is 0.0937. The van der Waals surface area contributed by atoms with Crippen molar-refractivity contribution in [3.63, 3.8) is 0 Å². The first kappa shape index (κ1) is 16.0. The summed E-state index contributed by atoms with van der Waals surface area (Å²) in [5.74, 6) is -0.371. The number of benzene rings is 2. The molecule has 1 amide bonds. The summed E-state index contributed by atoms with van der Waals surface area (Å²) in [6.07, 6.45) is 0. The molecular weight excluding hydrogens is 283 g/mol. The smallest absolute Gasteiger partial charge is 0.251 e. The molecule has 0 aliphatic heterocycles. The molecule has 0 atom stereocenters. The van der Waals surface area contributed by atoms with Crippen LogP contribution in [-0.2, 0) is 11.3 Å². The number of nitrogens with one attached hydrogen (secondary N) is 2. The highest BCUT2D eigenvalue weighted by Gasteiger charge is 2.04. The van der Waals surface area contributed by atoms with Gasteiger partial charge in [-0.1, -0.05) is 12.1 Å². The fourth-order valence-corrected chi connectivity index (χ4v) is 1.91. The minimum absolute atomic E-state index is 0.116. The molecule has 116 valence electrons. The summed E-state index contributed by atoms with van der Waals surface area (Å²) in [6.45, 7) is 1.59. The first-order chi connectivity index (χ1) is 10.7. The Hall–Kier alpha value is -2.40. The molecule has 0 bridgehead atoms. The van der Waals surface area contributed by atoms with E-state index in [1.54, 1.807) is 31.4 Å². The number of carbonyl (C=O) groups excluding carboxylic acids is 1. The van der Waals surface area contributed by atoms with Crippen LogP contribution in [0.2, 0.25) is 0 Å². The molecule has 2 rings (SSSR count). The van der Waals surface area contributed by atoms with Gasteiger partial charge in [0.05, 0.1) is 6.61 Å². The summed E-state index contributed by atoms with van der Waals surface area (Å²) in [5, 5.41) is 5.96. The van der Waals surface area contributed by atoms with Gasteiger partial charge in [0.2, 0.25) is 0 Å². The maximum absolute atomic E-state index is 12.8. The van der Waals surface area contributed by atoms with E-state index in [1.165, 1.54) is 12.1 Å². The van der Waals surface area contributed by atoms with E-state index in [9.17, 15) is 9.18 Å². The predicted octanol–water partition coefficient (Wildman–Crippen LogP) is 2.81. The number of hydrogen-bond acceptors (Lipinski definition) is 3. The summed E-state index contributed by atoms with van der Waals surface area (Å²) >= 11 is 0. The SMILES string of the molecule is COCCNC(=O)c1ccc(CNc2ccc(F)cc2)cc1. The first-order valence-corrected chi connectivity index (χ1v) is 7.04. The highest BCUT2D eigenvalue weighted by atomic mass is 19.1. The second-order valence-corrected chi connectivity index (χ2v) is 4.81. The van der Waals surface area contributed by atoms with Crippen LogP contribution in [0.15, 0.2) is 48.5 Å². The van der Waals surface area contributed by atoms with E-state index in [4.69, 9.17) is 4.74 Å². The van der Waals surface area contributed by atoms with Crippen molar-refractivity contribution in [3.05, 3.63) is 65.5 Å². The van der Waals surface area contributed by atoms with Crippen LogP contribution in [-0.4, -0.2) is 26.2 Å². The van der Waals surface area contributed by atoms with Gasteiger partial charge in [-0.05, 0) is 42.0 Å². The van der Waals surface area contributed by atoms with Crippen LogP contribution in [0, 0.1) is 5.82 Å². The Labute approximate surface area is 129 Å². The Morgan fingerprint density at radius 2 is 1.77 bits per heavy atom. The Morgan fingerprint density at radius 3 is 2.41 bits per heavy atom. The Kier molecular flexibility index (Phi) is 5.91. The van der Waals surface area contributed by atoms with Crippen LogP contribution in [0.25, 0.3) is 0 Å². The molecule has 5 heteroatoms. The molecule has 0 unspecified atom stereocenters. The molecule has 0 spiro atoms. The molecule has 22 heavy (non-hydrogen) atoms. The van der Waals surface area contributed by atoms with Crippen LogP contribution in [0.4, 0.5) is 10.1 Å². The van der Waals surface area contributed by atoms with Crippen LogP contribution in [0.3, 0.4) is 0 Å². The van der Waals surface area contributed by atoms with Crippen molar-refractivity contribution in [2.75, 3.05) is 25.6 Å². The topological polar surface area (TPSA) is 50.4 Å². The van der Waals surface area contributed by atoms with E-state index in [1.807, 2.05) is 12.1 Å². The highest BCUT2D eigenvalue weighted by molar-refractivity contribution is 5.94. The van der Waals surface area contributed by atoms with Gasteiger partial charge in [0.25, 0.3) is 5.91 Å². The number of methoxy groups -OCH3 is 1. The zero-order valence-corrected chi connectivity index (χ0v) is 12.4. The van der Waals surface area contributed by atoms with E-state index in [0.29, 0.717) is 25.3 Å². The average molecular weight is 302 g/mol. The van der Waals surface area contributed by atoms with Gasteiger partial charge in [-0.15, -0.1) is 0 Å². The molecule has 0 saturated carbocycles. The van der Waals surface area contributed by atoms with Crippen molar-refractivity contribution in [2.24, 2.45) is 0 Å². The Bertz CT molecular complexity index is 597. The summed E-state index contributed by atoms with van der Waals surface area (Å²) < 4.78 is 17.7. The molecule has 2 aromatic rings. The molecule has 0 fully saturated rings. The summed E-state index contributed by atoms with van der Waals surface area (Å²) in [4.78, 5) is 11.8. The summed E-state index contributed by atoms with van der Waals surface area (Å²) in [5.41, 5.74) is 2.50. The van der Waals surface area contributed by atoms with E-state index in [2.05, 4.69) is 10.6 Å². The predicted molar refractivity (Wildman–Crippen MR) is 84.4 cm³/mol. The van der Waals surface area contributed by atoms with Gasteiger partial charge < -0.3 is 15.4 Å². The van der Waals surface area contributed by atoms with Crippen LogP contribution < -0.4 is 10.6 Å². The fraction of sp³-hybridized carbons (Fsp3) is 0.235. The van der Waals surface area contributed by atoms with E-state index >= 15 is 0 Å². The molecule has 4 nitrogen and oxygen atoms in total. The molecule has 0 heterocycles. The zero-order chi connectivity index (χ0) is 15.8. The van der Waals surface area contributed by atoms with Gasteiger partial charge in [-0.2, -0.15) is 0 Å². The molecule has 2 aromatic carbocycles. The van der Waals surface area contributed by atoms with Gasteiger partial charge in [0.1, 0.15) is 5.82 Å². The lowest BCUT2D eigenvalue weighted by Gasteiger charge is -2.08. The molecule has 0 aliphatic carbocycles. The summed E-state index contributed by atoms with van der Waals surface area (Å²) in [7, 11) is 1.59.